The lowest BCUT2D eigenvalue weighted by molar-refractivity contribution is -0.148. The summed E-state index contributed by atoms with van der Waals surface area (Å²) in [6.07, 6.45) is 9.18. The number of benzene rings is 1. The fraction of sp³-hybridized carbons (Fsp3) is 0.348. The van der Waals surface area contributed by atoms with E-state index in [0.717, 1.165) is 24.1 Å². The van der Waals surface area contributed by atoms with Gasteiger partial charge in [0.05, 0.1) is 11.8 Å². The van der Waals surface area contributed by atoms with Crippen molar-refractivity contribution in [2.75, 3.05) is 6.54 Å². The van der Waals surface area contributed by atoms with Gasteiger partial charge in [-0.05, 0) is 36.0 Å². The highest BCUT2D eigenvalue weighted by atomic mass is 16.2. The second-order valence-electron chi connectivity index (χ2n) is 7.57. The normalized spacial score (nSPS) is 23.9. The average molecular weight is 375 g/mol. The third-order valence-electron chi connectivity index (χ3n) is 5.74. The molecule has 1 fully saturated rings. The lowest BCUT2D eigenvalue weighted by Gasteiger charge is -2.41. The third kappa shape index (κ3) is 3.98. The van der Waals surface area contributed by atoms with Crippen molar-refractivity contribution in [2.45, 2.75) is 25.9 Å². The van der Waals surface area contributed by atoms with Crippen molar-refractivity contribution in [3.05, 3.63) is 78.1 Å². The summed E-state index contributed by atoms with van der Waals surface area (Å²) in [6.45, 7) is 1.78. The van der Waals surface area contributed by atoms with Gasteiger partial charge in [-0.25, -0.2) is 0 Å². The largest absolute Gasteiger partial charge is 0.352 e. The topological polar surface area (TPSA) is 62.3 Å². The summed E-state index contributed by atoms with van der Waals surface area (Å²) in [5.74, 6) is -0.361. The van der Waals surface area contributed by atoms with E-state index in [4.69, 9.17) is 0 Å². The van der Waals surface area contributed by atoms with E-state index in [9.17, 15) is 9.59 Å². The number of aromatic nitrogens is 1. The number of rotatable bonds is 5. The first-order valence-electron chi connectivity index (χ1n) is 9.88. The number of hydrogen-bond acceptors (Lipinski definition) is 3. The maximum absolute atomic E-state index is 13.3. The van der Waals surface area contributed by atoms with Gasteiger partial charge in [-0.3, -0.25) is 14.6 Å². The van der Waals surface area contributed by atoms with E-state index >= 15 is 0 Å². The van der Waals surface area contributed by atoms with Crippen LogP contribution in [0, 0.1) is 17.8 Å². The Hall–Kier alpha value is -2.95. The Balaban J connectivity index is 1.45. The first-order chi connectivity index (χ1) is 13.7. The van der Waals surface area contributed by atoms with Crippen molar-refractivity contribution in [2.24, 2.45) is 17.8 Å². The summed E-state index contributed by atoms with van der Waals surface area (Å²) in [5, 5.41) is 3.00. The molecule has 1 aliphatic heterocycles. The Morgan fingerprint density at radius 2 is 1.96 bits per heavy atom. The number of likely N-dealkylation sites (tertiary alicyclic amines) is 1. The molecule has 1 unspecified atom stereocenters. The van der Waals surface area contributed by atoms with Gasteiger partial charge in [0.15, 0.2) is 0 Å². The Bertz CT molecular complexity index is 851. The highest BCUT2D eigenvalue weighted by Gasteiger charge is 2.44. The van der Waals surface area contributed by atoms with Crippen molar-refractivity contribution in [1.82, 2.24) is 15.2 Å². The van der Waals surface area contributed by atoms with Crippen LogP contribution in [0.2, 0.25) is 0 Å². The van der Waals surface area contributed by atoms with Crippen molar-refractivity contribution in [3.63, 3.8) is 0 Å². The zero-order chi connectivity index (χ0) is 19.3. The summed E-state index contributed by atoms with van der Waals surface area (Å²) in [7, 11) is 0. The van der Waals surface area contributed by atoms with Gasteiger partial charge >= 0.3 is 0 Å². The molecule has 2 aromatic rings. The molecule has 0 saturated carbocycles. The molecule has 0 bridgehead atoms. The van der Waals surface area contributed by atoms with Gasteiger partial charge in [-0.15, -0.1) is 0 Å². The number of carbonyl (C=O) groups excluding carboxylic acids is 2. The number of hydrogen-bond donors (Lipinski definition) is 1. The van der Waals surface area contributed by atoms with Crippen molar-refractivity contribution in [1.29, 1.82) is 0 Å². The van der Waals surface area contributed by atoms with E-state index in [2.05, 4.69) is 22.5 Å². The predicted molar refractivity (Wildman–Crippen MR) is 107 cm³/mol. The lowest BCUT2D eigenvalue weighted by Crippen LogP contribution is -2.51. The molecule has 144 valence electrons. The zero-order valence-electron chi connectivity index (χ0n) is 15.8. The molecule has 2 heterocycles. The molecule has 3 atom stereocenters. The van der Waals surface area contributed by atoms with Crippen molar-refractivity contribution in [3.8, 4) is 0 Å². The molecule has 2 amide bonds. The molecule has 1 aliphatic carbocycles. The molecule has 1 aromatic carbocycles. The van der Waals surface area contributed by atoms with E-state index in [1.807, 2.05) is 47.4 Å². The highest BCUT2D eigenvalue weighted by Crippen LogP contribution is 2.37. The molecule has 1 saturated heterocycles. The molecule has 1 N–H and O–H groups in total. The van der Waals surface area contributed by atoms with E-state index < -0.39 is 0 Å². The van der Waals surface area contributed by atoms with Gasteiger partial charge in [0.1, 0.15) is 0 Å². The molecule has 5 nitrogen and oxygen atoms in total. The van der Waals surface area contributed by atoms with Crippen LogP contribution in [0.3, 0.4) is 0 Å². The number of amides is 2. The summed E-state index contributed by atoms with van der Waals surface area (Å²) < 4.78 is 0. The Labute approximate surface area is 165 Å². The van der Waals surface area contributed by atoms with E-state index in [-0.39, 0.29) is 29.6 Å². The lowest BCUT2D eigenvalue weighted by atomic mass is 9.71. The monoisotopic (exact) mass is 375 g/mol. The van der Waals surface area contributed by atoms with Crippen LogP contribution in [0.1, 0.15) is 24.0 Å². The number of pyridine rings is 1. The van der Waals surface area contributed by atoms with Gasteiger partial charge < -0.3 is 10.2 Å². The Morgan fingerprint density at radius 3 is 2.75 bits per heavy atom. The van der Waals surface area contributed by atoms with Crippen LogP contribution in [0.15, 0.2) is 67.0 Å². The number of allylic oxidation sites excluding steroid dienone is 2. The zero-order valence-corrected chi connectivity index (χ0v) is 15.8. The maximum atomic E-state index is 13.3. The number of nitrogens with one attached hydrogen (secondary N) is 1. The van der Waals surface area contributed by atoms with Crippen LogP contribution in [-0.4, -0.2) is 28.2 Å². The van der Waals surface area contributed by atoms with Gasteiger partial charge in [-0.1, -0.05) is 48.6 Å². The van der Waals surface area contributed by atoms with Gasteiger partial charge in [0.25, 0.3) is 0 Å². The van der Waals surface area contributed by atoms with E-state index in [1.54, 1.807) is 12.4 Å². The minimum atomic E-state index is -0.308. The Kier molecular flexibility index (Phi) is 5.51. The van der Waals surface area contributed by atoms with Gasteiger partial charge in [-0.2, -0.15) is 0 Å². The molecule has 1 aromatic heterocycles. The van der Waals surface area contributed by atoms with Crippen LogP contribution >= 0.6 is 0 Å². The summed E-state index contributed by atoms with van der Waals surface area (Å²) in [5.41, 5.74) is 2.08. The van der Waals surface area contributed by atoms with E-state index in [0.29, 0.717) is 19.5 Å². The van der Waals surface area contributed by atoms with Crippen molar-refractivity contribution < 1.29 is 9.59 Å². The summed E-state index contributed by atoms with van der Waals surface area (Å²) >= 11 is 0. The second kappa shape index (κ2) is 8.38. The predicted octanol–water partition coefficient (Wildman–Crippen LogP) is 2.94. The van der Waals surface area contributed by atoms with Crippen LogP contribution in [0.5, 0.6) is 0 Å². The molecule has 4 rings (SSSR count). The fourth-order valence-corrected chi connectivity index (χ4v) is 4.28. The van der Waals surface area contributed by atoms with Gasteiger partial charge in [0.2, 0.25) is 11.8 Å². The van der Waals surface area contributed by atoms with Crippen molar-refractivity contribution >= 4 is 11.8 Å². The first kappa shape index (κ1) is 18.4. The highest BCUT2D eigenvalue weighted by molar-refractivity contribution is 5.89. The summed E-state index contributed by atoms with van der Waals surface area (Å²) in [4.78, 5) is 32.1. The minimum absolute atomic E-state index is 0.0434. The van der Waals surface area contributed by atoms with E-state index in [1.165, 1.54) is 0 Å². The number of carbonyl (C=O) groups is 2. The summed E-state index contributed by atoms with van der Waals surface area (Å²) in [6, 6.07) is 13.8. The smallest absolute Gasteiger partial charge is 0.227 e. The van der Waals surface area contributed by atoms with Crippen LogP contribution < -0.4 is 5.32 Å². The molecule has 0 spiro atoms. The fourth-order valence-electron chi connectivity index (χ4n) is 4.28. The third-order valence-corrected chi connectivity index (χ3v) is 5.74. The number of fused-ring (bicyclic) bond motifs is 1. The standard InChI is InChI=1S/C23H25N3O2/c27-22(25-15-18-8-5-12-24-14-18)20-10-4-9-19-11-13-26(23(28)21(19)20)16-17-6-2-1-3-7-17/h1-9,12,14,19-21H,10-11,13,15-16H2,(H,25,27)/t19-,20?,21+/m1/s1. The molecule has 28 heavy (non-hydrogen) atoms. The molecule has 5 heteroatoms. The average Bonchev–Trinajstić information content (AvgIpc) is 2.75. The minimum Gasteiger partial charge on any atom is -0.352 e. The molecular weight excluding hydrogens is 350 g/mol. The quantitative estimate of drug-likeness (QED) is 0.818. The second-order valence-corrected chi connectivity index (χ2v) is 7.57. The van der Waals surface area contributed by atoms with Crippen LogP contribution in [-0.2, 0) is 22.7 Å². The Morgan fingerprint density at radius 1 is 1.14 bits per heavy atom. The molecule has 0 radical (unpaired) electrons. The molecule has 2 aliphatic rings. The van der Waals surface area contributed by atoms with Crippen LogP contribution in [0.25, 0.3) is 0 Å². The maximum Gasteiger partial charge on any atom is 0.227 e. The molecular formula is C23H25N3O2. The SMILES string of the molecule is O=C(NCc1cccnc1)C1CC=C[C@@H]2CCN(Cc3ccccc3)C(=O)[C@H]12. The van der Waals surface area contributed by atoms with Crippen LogP contribution in [0.4, 0.5) is 0 Å². The number of piperidine rings is 1. The first-order valence-corrected chi connectivity index (χ1v) is 9.88. The van der Waals surface area contributed by atoms with Gasteiger partial charge in [0, 0.05) is 32.0 Å². The number of nitrogens with zero attached hydrogens (tertiary/aromatic N) is 2.